The molecule has 2 atom stereocenters. The number of carbonyl (C=O) groups excluding carboxylic acids is 2. The predicted octanol–water partition coefficient (Wildman–Crippen LogP) is 5.19. The number of methoxy groups -OCH3 is 1. The molecule has 2 heterocycles. The van der Waals surface area contributed by atoms with E-state index in [4.69, 9.17) is 4.74 Å². The van der Waals surface area contributed by atoms with E-state index in [-0.39, 0.29) is 23.8 Å². The Morgan fingerprint density at radius 3 is 2.47 bits per heavy atom. The summed E-state index contributed by atoms with van der Waals surface area (Å²) in [4.78, 5) is 29.1. The van der Waals surface area contributed by atoms with Gasteiger partial charge in [-0.1, -0.05) is 23.8 Å². The molecular weight excluding hydrogens is 396 g/mol. The summed E-state index contributed by atoms with van der Waals surface area (Å²) < 4.78 is 5.18. The van der Waals surface area contributed by atoms with Gasteiger partial charge in [-0.3, -0.25) is 9.59 Å². The Labute approximate surface area is 180 Å². The van der Waals surface area contributed by atoms with Crippen LogP contribution in [0.1, 0.15) is 29.3 Å². The summed E-state index contributed by atoms with van der Waals surface area (Å²) >= 11 is 1.58. The van der Waals surface area contributed by atoms with Gasteiger partial charge < -0.3 is 15.0 Å². The fourth-order valence-electron chi connectivity index (χ4n) is 3.87. The van der Waals surface area contributed by atoms with Crippen LogP contribution in [0.2, 0.25) is 0 Å². The lowest BCUT2D eigenvalue weighted by molar-refractivity contribution is -0.125. The van der Waals surface area contributed by atoms with Gasteiger partial charge in [0.1, 0.15) is 5.75 Å². The maximum absolute atomic E-state index is 13.3. The Hall–Kier alpha value is -3.12. The number of hydrogen-bond acceptors (Lipinski definition) is 4. The minimum absolute atomic E-state index is 0.0470. The van der Waals surface area contributed by atoms with E-state index in [1.165, 1.54) is 0 Å². The highest BCUT2D eigenvalue weighted by atomic mass is 32.1. The van der Waals surface area contributed by atoms with Crippen LogP contribution in [0.4, 0.5) is 11.4 Å². The molecule has 2 amide bonds. The van der Waals surface area contributed by atoms with Crippen LogP contribution < -0.4 is 15.0 Å². The smallest absolute Gasteiger partial charge is 0.229 e. The van der Waals surface area contributed by atoms with Crippen molar-refractivity contribution < 1.29 is 14.3 Å². The van der Waals surface area contributed by atoms with E-state index in [1.807, 2.05) is 73.0 Å². The fraction of sp³-hybridized carbons (Fsp3) is 0.250. The molecule has 1 aliphatic heterocycles. The average molecular weight is 421 g/mol. The number of rotatable bonds is 5. The number of ether oxygens (including phenoxy) is 1. The monoisotopic (exact) mass is 420 g/mol. The molecule has 0 spiro atoms. The van der Waals surface area contributed by atoms with Crippen LogP contribution in [0, 0.1) is 12.8 Å². The largest absolute Gasteiger partial charge is 0.497 e. The predicted molar refractivity (Wildman–Crippen MR) is 120 cm³/mol. The van der Waals surface area contributed by atoms with Crippen molar-refractivity contribution in [3.05, 3.63) is 76.5 Å². The Morgan fingerprint density at radius 2 is 1.83 bits per heavy atom. The van der Waals surface area contributed by atoms with E-state index in [1.54, 1.807) is 23.3 Å². The molecule has 2 unspecified atom stereocenters. The van der Waals surface area contributed by atoms with Crippen LogP contribution in [0.3, 0.4) is 0 Å². The molecule has 1 saturated heterocycles. The summed E-state index contributed by atoms with van der Waals surface area (Å²) in [6, 6.07) is 18.8. The number of carbonyl (C=O) groups is 2. The van der Waals surface area contributed by atoms with E-state index < -0.39 is 0 Å². The summed E-state index contributed by atoms with van der Waals surface area (Å²) in [5.74, 6) is 0.358. The second kappa shape index (κ2) is 8.71. The molecule has 3 aromatic rings. The van der Waals surface area contributed by atoms with E-state index in [9.17, 15) is 9.59 Å². The molecule has 1 aromatic heterocycles. The van der Waals surface area contributed by atoms with Crippen molar-refractivity contribution >= 4 is 34.5 Å². The summed E-state index contributed by atoms with van der Waals surface area (Å²) in [6.07, 6.45) is 0.863. The number of anilines is 2. The average Bonchev–Trinajstić information content (AvgIpc) is 3.29. The molecule has 0 bridgehead atoms. The summed E-state index contributed by atoms with van der Waals surface area (Å²) in [7, 11) is 1.61. The first-order valence-electron chi connectivity index (χ1n) is 9.94. The van der Waals surface area contributed by atoms with E-state index in [0.29, 0.717) is 18.5 Å². The van der Waals surface area contributed by atoms with Gasteiger partial charge in [-0.05, 0) is 61.2 Å². The van der Waals surface area contributed by atoms with Gasteiger partial charge in [0.25, 0.3) is 0 Å². The first-order chi connectivity index (χ1) is 14.6. The van der Waals surface area contributed by atoms with E-state index in [0.717, 1.165) is 21.9 Å². The van der Waals surface area contributed by atoms with Crippen LogP contribution in [-0.4, -0.2) is 18.9 Å². The summed E-state index contributed by atoms with van der Waals surface area (Å²) in [6.45, 7) is 2.02. The molecule has 1 N–H and O–H groups in total. The molecule has 154 valence electrons. The highest BCUT2D eigenvalue weighted by molar-refractivity contribution is 7.10. The van der Waals surface area contributed by atoms with Crippen LogP contribution in [-0.2, 0) is 9.59 Å². The number of hydrogen-bond donors (Lipinski definition) is 1. The van der Waals surface area contributed by atoms with Gasteiger partial charge >= 0.3 is 0 Å². The lowest BCUT2D eigenvalue weighted by Crippen LogP contribution is -2.46. The number of nitrogens with one attached hydrogen (secondary N) is 1. The lowest BCUT2D eigenvalue weighted by atomic mass is 9.86. The highest BCUT2D eigenvalue weighted by Gasteiger charge is 2.42. The van der Waals surface area contributed by atoms with Gasteiger partial charge in [-0.25, -0.2) is 0 Å². The third-order valence-corrected chi connectivity index (χ3v) is 6.38. The normalized spacial score (nSPS) is 18.9. The second-order valence-corrected chi connectivity index (χ2v) is 8.40. The number of piperidine rings is 1. The van der Waals surface area contributed by atoms with Crippen molar-refractivity contribution in [1.29, 1.82) is 0 Å². The molecule has 0 saturated carbocycles. The van der Waals surface area contributed by atoms with E-state index >= 15 is 0 Å². The summed E-state index contributed by atoms with van der Waals surface area (Å²) in [5, 5.41) is 5.01. The lowest BCUT2D eigenvalue weighted by Gasteiger charge is -2.40. The molecule has 0 radical (unpaired) electrons. The van der Waals surface area contributed by atoms with Crippen LogP contribution in [0.15, 0.2) is 66.0 Å². The number of aryl methyl sites for hydroxylation is 1. The zero-order valence-corrected chi connectivity index (χ0v) is 17.8. The molecule has 0 aliphatic carbocycles. The van der Waals surface area contributed by atoms with Crippen LogP contribution in [0.5, 0.6) is 5.75 Å². The Bertz CT molecular complexity index is 1010. The first kappa shape index (κ1) is 20.2. The minimum atomic E-state index is -0.343. The van der Waals surface area contributed by atoms with Crippen LogP contribution >= 0.6 is 11.3 Å². The molecule has 5 nitrogen and oxygen atoms in total. The third-order valence-electron chi connectivity index (χ3n) is 5.44. The van der Waals surface area contributed by atoms with Crippen molar-refractivity contribution in [2.24, 2.45) is 5.92 Å². The number of nitrogens with zero attached hydrogens (tertiary/aromatic N) is 1. The van der Waals surface area contributed by atoms with Crippen molar-refractivity contribution in [1.82, 2.24) is 0 Å². The Morgan fingerprint density at radius 1 is 1.10 bits per heavy atom. The number of amides is 2. The van der Waals surface area contributed by atoms with Gasteiger partial charge in [0.2, 0.25) is 11.8 Å². The standard InChI is InChI=1S/C24H24N2O3S/c1-16-5-9-18(10-6-16)26-22(27)14-13-20(23(26)21-4-3-15-30-21)24(28)25-17-7-11-19(29-2)12-8-17/h3-12,15,20,23H,13-14H2,1-2H3,(H,25,28). The molecule has 4 rings (SSSR count). The molecule has 1 fully saturated rings. The quantitative estimate of drug-likeness (QED) is 0.618. The second-order valence-electron chi connectivity index (χ2n) is 7.42. The van der Waals surface area contributed by atoms with Gasteiger partial charge in [-0.15, -0.1) is 11.3 Å². The van der Waals surface area contributed by atoms with Crippen molar-refractivity contribution in [3.8, 4) is 5.75 Å². The topological polar surface area (TPSA) is 58.6 Å². The van der Waals surface area contributed by atoms with Gasteiger partial charge in [-0.2, -0.15) is 0 Å². The zero-order valence-electron chi connectivity index (χ0n) is 17.0. The van der Waals surface area contributed by atoms with Crippen LogP contribution in [0.25, 0.3) is 0 Å². The Kier molecular flexibility index (Phi) is 5.86. The number of benzene rings is 2. The fourth-order valence-corrected chi connectivity index (χ4v) is 4.75. The highest BCUT2D eigenvalue weighted by Crippen LogP contribution is 2.42. The number of thiophene rings is 1. The van der Waals surface area contributed by atoms with Crippen molar-refractivity contribution in [2.75, 3.05) is 17.3 Å². The van der Waals surface area contributed by atoms with Gasteiger partial charge in [0.05, 0.1) is 19.1 Å². The molecule has 6 heteroatoms. The molecular formula is C24H24N2O3S. The zero-order chi connectivity index (χ0) is 21.1. The van der Waals surface area contributed by atoms with Gasteiger partial charge in [0.15, 0.2) is 0 Å². The van der Waals surface area contributed by atoms with Crippen molar-refractivity contribution in [3.63, 3.8) is 0 Å². The maximum Gasteiger partial charge on any atom is 0.229 e. The minimum Gasteiger partial charge on any atom is -0.497 e. The molecule has 2 aromatic carbocycles. The third kappa shape index (κ3) is 4.09. The van der Waals surface area contributed by atoms with E-state index in [2.05, 4.69) is 5.32 Å². The van der Waals surface area contributed by atoms with Gasteiger partial charge in [0, 0.05) is 22.7 Å². The first-order valence-corrected chi connectivity index (χ1v) is 10.8. The Balaban J connectivity index is 1.66. The SMILES string of the molecule is COc1ccc(NC(=O)C2CCC(=O)N(c3ccc(C)cc3)C2c2cccs2)cc1. The maximum atomic E-state index is 13.3. The molecule has 1 aliphatic rings. The summed E-state index contributed by atoms with van der Waals surface area (Å²) in [5.41, 5.74) is 2.67. The van der Waals surface area contributed by atoms with Crippen molar-refractivity contribution in [2.45, 2.75) is 25.8 Å². The molecule has 30 heavy (non-hydrogen) atoms.